The van der Waals surface area contributed by atoms with Crippen LogP contribution in [0, 0.1) is 0 Å². The molecule has 0 spiro atoms. The second-order valence-electron chi connectivity index (χ2n) is 5.18. The van der Waals surface area contributed by atoms with Gasteiger partial charge in [-0.3, -0.25) is 0 Å². The highest BCUT2D eigenvalue weighted by Crippen LogP contribution is 2.39. The standard InChI is InChI=1S/C18H12Cl2O4S2/c1-23-17(21)13-5-12(16-4-10(20)8-26-16)14(18(22)24-2)6-11(13)15-3-9(19)7-25-15/h3-8H,1-2H3. The van der Waals surface area contributed by atoms with E-state index in [9.17, 15) is 9.59 Å². The molecule has 0 radical (unpaired) electrons. The van der Waals surface area contributed by atoms with Crippen molar-refractivity contribution >= 4 is 57.8 Å². The Balaban J connectivity index is 2.31. The molecule has 0 amide bonds. The summed E-state index contributed by atoms with van der Waals surface area (Å²) in [5, 5.41) is 4.61. The summed E-state index contributed by atoms with van der Waals surface area (Å²) < 4.78 is 9.84. The third-order valence-electron chi connectivity index (χ3n) is 3.63. The maximum Gasteiger partial charge on any atom is 0.338 e. The van der Waals surface area contributed by atoms with Gasteiger partial charge in [-0.1, -0.05) is 23.2 Å². The van der Waals surface area contributed by atoms with Gasteiger partial charge >= 0.3 is 11.9 Å². The van der Waals surface area contributed by atoms with Crippen molar-refractivity contribution < 1.29 is 19.1 Å². The molecule has 0 bridgehead atoms. The van der Waals surface area contributed by atoms with E-state index in [-0.39, 0.29) is 0 Å². The largest absolute Gasteiger partial charge is 0.465 e. The van der Waals surface area contributed by atoms with Crippen LogP contribution in [0.5, 0.6) is 0 Å². The zero-order valence-corrected chi connectivity index (χ0v) is 16.8. The summed E-state index contributed by atoms with van der Waals surface area (Å²) in [5.41, 5.74) is 1.78. The smallest absolute Gasteiger partial charge is 0.338 e. The van der Waals surface area contributed by atoms with Gasteiger partial charge in [-0.2, -0.15) is 0 Å². The van der Waals surface area contributed by atoms with E-state index in [2.05, 4.69) is 0 Å². The van der Waals surface area contributed by atoms with E-state index >= 15 is 0 Å². The van der Waals surface area contributed by atoms with Crippen LogP contribution in [0.2, 0.25) is 10.0 Å². The molecule has 0 aliphatic heterocycles. The van der Waals surface area contributed by atoms with Gasteiger partial charge in [-0.05, 0) is 24.3 Å². The number of hydrogen-bond donors (Lipinski definition) is 0. The topological polar surface area (TPSA) is 52.6 Å². The summed E-state index contributed by atoms with van der Waals surface area (Å²) in [5.74, 6) is -1.02. The lowest BCUT2D eigenvalue weighted by Crippen LogP contribution is -2.09. The van der Waals surface area contributed by atoms with Gasteiger partial charge in [0.1, 0.15) is 0 Å². The maximum atomic E-state index is 12.4. The Morgan fingerprint density at radius 3 is 1.42 bits per heavy atom. The molecule has 0 saturated carbocycles. The molecule has 0 unspecified atom stereocenters. The minimum absolute atomic E-state index is 0.332. The Labute approximate surface area is 167 Å². The Kier molecular flexibility index (Phi) is 5.67. The van der Waals surface area contributed by atoms with Gasteiger partial charge in [-0.25, -0.2) is 9.59 Å². The minimum atomic E-state index is -0.509. The van der Waals surface area contributed by atoms with Crippen molar-refractivity contribution in [3.05, 3.63) is 56.2 Å². The zero-order valence-electron chi connectivity index (χ0n) is 13.7. The first-order valence-corrected chi connectivity index (χ1v) is 9.79. The van der Waals surface area contributed by atoms with E-state index in [1.54, 1.807) is 35.0 Å². The summed E-state index contributed by atoms with van der Waals surface area (Å²) in [4.78, 5) is 26.2. The number of benzene rings is 1. The lowest BCUT2D eigenvalue weighted by Gasteiger charge is -2.13. The molecular weight excluding hydrogens is 415 g/mol. The number of esters is 2. The molecule has 26 heavy (non-hydrogen) atoms. The Bertz CT molecular complexity index is 911. The van der Waals surface area contributed by atoms with Gasteiger partial charge in [0, 0.05) is 31.6 Å². The molecule has 0 atom stereocenters. The normalized spacial score (nSPS) is 10.6. The molecule has 0 aliphatic carbocycles. The first-order chi connectivity index (χ1) is 12.4. The van der Waals surface area contributed by atoms with Crippen LogP contribution in [-0.2, 0) is 9.47 Å². The number of hydrogen-bond acceptors (Lipinski definition) is 6. The van der Waals surface area contributed by atoms with Crippen LogP contribution in [0.1, 0.15) is 20.7 Å². The van der Waals surface area contributed by atoms with Gasteiger partial charge < -0.3 is 9.47 Å². The highest BCUT2D eigenvalue weighted by Gasteiger charge is 2.23. The monoisotopic (exact) mass is 426 g/mol. The molecule has 134 valence electrons. The molecule has 2 heterocycles. The molecule has 0 N–H and O–H groups in total. The first-order valence-electron chi connectivity index (χ1n) is 7.28. The van der Waals surface area contributed by atoms with Crippen molar-refractivity contribution in [1.82, 2.24) is 0 Å². The second kappa shape index (κ2) is 7.80. The summed E-state index contributed by atoms with van der Waals surface area (Å²) in [6, 6.07) is 6.72. The first kappa shape index (κ1) is 18.9. The third-order valence-corrected chi connectivity index (χ3v) is 6.26. The van der Waals surface area contributed by atoms with Crippen molar-refractivity contribution in [2.45, 2.75) is 0 Å². The third kappa shape index (κ3) is 3.64. The number of methoxy groups -OCH3 is 2. The van der Waals surface area contributed by atoms with Crippen LogP contribution < -0.4 is 0 Å². The Morgan fingerprint density at radius 2 is 1.15 bits per heavy atom. The van der Waals surface area contributed by atoms with Crippen LogP contribution in [0.25, 0.3) is 20.9 Å². The predicted molar refractivity (Wildman–Crippen MR) is 106 cm³/mol. The lowest BCUT2D eigenvalue weighted by molar-refractivity contribution is 0.0588. The molecule has 2 aromatic heterocycles. The number of thiophene rings is 2. The molecule has 0 aliphatic rings. The van der Waals surface area contributed by atoms with Crippen molar-refractivity contribution in [2.75, 3.05) is 14.2 Å². The second-order valence-corrected chi connectivity index (χ2v) is 7.88. The summed E-state index contributed by atoms with van der Waals surface area (Å²) in [6.07, 6.45) is 0. The highest BCUT2D eigenvalue weighted by molar-refractivity contribution is 7.14. The molecule has 8 heteroatoms. The van der Waals surface area contributed by atoms with E-state index in [1.165, 1.54) is 36.9 Å². The van der Waals surface area contributed by atoms with E-state index in [1.807, 2.05) is 0 Å². The van der Waals surface area contributed by atoms with Gasteiger partial charge in [0.15, 0.2) is 0 Å². The molecular formula is C18H12Cl2O4S2. The van der Waals surface area contributed by atoms with Gasteiger partial charge in [0.2, 0.25) is 0 Å². The maximum absolute atomic E-state index is 12.4. The Hall–Kier alpha value is -1.86. The fraction of sp³-hybridized carbons (Fsp3) is 0.111. The summed E-state index contributed by atoms with van der Waals surface area (Å²) in [7, 11) is 2.62. The van der Waals surface area contributed by atoms with Crippen LogP contribution in [0.4, 0.5) is 0 Å². The fourth-order valence-electron chi connectivity index (χ4n) is 2.47. The number of carbonyl (C=O) groups excluding carboxylic acids is 2. The van der Waals surface area contributed by atoms with Crippen molar-refractivity contribution in [1.29, 1.82) is 0 Å². The average molecular weight is 427 g/mol. The van der Waals surface area contributed by atoms with Crippen LogP contribution in [-0.4, -0.2) is 26.2 Å². The van der Waals surface area contributed by atoms with Gasteiger partial charge in [0.05, 0.1) is 35.4 Å². The molecule has 4 nitrogen and oxygen atoms in total. The molecule has 0 fully saturated rings. The van der Waals surface area contributed by atoms with Crippen LogP contribution in [0.3, 0.4) is 0 Å². The molecule has 3 rings (SSSR count). The van der Waals surface area contributed by atoms with Crippen molar-refractivity contribution in [3.63, 3.8) is 0 Å². The van der Waals surface area contributed by atoms with Crippen molar-refractivity contribution in [3.8, 4) is 20.9 Å². The summed E-state index contributed by atoms with van der Waals surface area (Å²) >= 11 is 14.8. The fourth-order valence-corrected chi connectivity index (χ4v) is 4.69. The predicted octanol–water partition coefficient (Wildman–Crippen LogP) is 6.02. The van der Waals surface area contributed by atoms with E-state index in [0.717, 1.165) is 9.75 Å². The number of carbonyl (C=O) groups is 2. The van der Waals surface area contributed by atoms with E-state index < -0.39 is 11.9 Å². The van der Waals surface area contributed by atoms with Crippen LogP contribution >= 0.6 is 45.9 Å². The van der Waals surface area contributed by atoms with Crippen molar-refractivity contribution in [2.24, 2.45) is 0 Å². The molecule has 1 aromatic carbocycles. The SMILES string of the molecule is COC(=O)c1cc(-c2cc(Cl)cs2)c(C(=O)OC)cc1-c1cc(Cl)cs1. The highest BCUT2D eigenvalue weighted by atomic mass is 35.5. The minimum Gasteiger partial charge on any atom is -0.465 e. The van der Waals surface area contributed by atoms with Gasteiger partial charge in [0.25, 0.3) is 0 Å². The van der Waals surface area contributed by atoms with E-state index in [0.29, 0.717) is 32.3 Å². The summed E-state index contributed by atoms with van der Waals surface area (Å²) in [6.45, 7) is 0. The van der Waals surface area contributed by atoms with Crippen LogP contribution in [0.15, 0.2) is 35.0 Å². The van der Waals surface area contributed by atoms with Gasteiger partial charge in [-0.15, -0.1) is 22.7 Å². The average Bonchev–Trinajstić information content (AvgIpc) is 3.27. The van der Waals surface area contributed by atoms with E-state index in [4.69, 9.17) is 32.7 Å². The lowest BCUT2D eigenvalue weighted by atomic mass is 9.96. The molecule has 3 aromatic rings. The number of rotatable bonds is 4. The number of halogens is 2. The zero-order chi connectivity index (χ0) is 18.8. The molecule has 0 saturated heterocycles. The Morgan fingerprint density at radius 1 is 0.769 bits per heavy atom. The number of ether oxygens (including phenoxy) is 2. The quantitative estimate of drug-likeness (QED) is 0.478.